The molecule has 142 valence electrons. The zero-order chi connectivity index (χ0) is 20.0. The number of phenols is 1. The second-order valence-electron chi connectivity index (χ2n) is 6.71. The summed E-state index contributed by atoms with van der Waals surface area (Å²) in [4.78, 5) is 13.2. The molecule has 7 heteroatoms. The number of nitrogens with zero attached hydrogens (tertiary/aromatic N) is 4. The minimum absolute atomic E-state index is 0.0357. The van der Waals surface area contributed by atoms with E-state index in [0.717, 1.165) is 5.56 Å². The highest BCUT2D eigenvalue weighted by molar-refractivity contribution is 6.30. The number of aromatic hydroxyl groups is 1. The van der Waals surface area contributed by atoms with Crippen molar-refractivity contribution in [3.8, 4) is 17.1 Å². The lowest BCUT2D eigenvalue weighted by Gasteiger charge is -2.12. The lowest BCUT2D eigenvalue weighted by Crippen LogP contribution is -2.24. The molecule has 0 aliphatic rings. The van der Waals surface area contributed by atoms with Gasteiger partial charge in [-0.3, -0.25) is 13.8 Å². The van der Waals surface area contributed by atoms with Crippen molar-refractivity contribution in [2.24, 2.45) is 0 Å². The predicted octanol–water partition coefficient (Wildman–Crippen LogP) is 4.12. The summed E-state index contributed by atoms with van der Waals surface area (Å²) in [6, 6.07) is 21.7. The molecule has 0 fully saturated rings. The van der Waals surface area contributed by atoms with Gasteiger partial charge in [-0.15, -0.1) is 10.2 Å². The average molecular weight is 403 g/mol. The van der Waals surface area contributed by atoms with Gasteiger partial charge in [0.2, 0.25) is 5.78 Å². The van der Waals surface area contributed by atoms with E-state index in [9.17, 15) is 9.90 Å². The van der Waals surface area contributed by atoms with Gasteiger partial charge in [-0.05, 0) is 35.9 Å². The molecule has 5 rings (SSSR count). The van der Waals surface area contributed by atoms with Crippen LogP contribution in [0.2, 0.25) is 5.02 Å². The molecule has 0 spiro atoms. The first-order valence-electron chi connectivity index (χ1n) is 9.03. The molecule has 0 bridgehead atoms. The highest BCUT2D eigenvalue weighted by Crippen LogP contribution is 2.32. The molecule has 0 saturated carbocycles. The Morgan fingerprint density at radius 1 is 0.931 bits per heavy atom. The maximum atomic E-state index is 13.2. The average Bonchev–Trinajstić information content (AvgIpc) is 3.18. The third-order valence-corrected chi connectivity index (χ3v) is 5.13. The van der Waals surface area contributed by atoms with Crippen LogP contribution >= 0.6 is 11.6 Å². The number of benzene rings is 3. The maximum Gasteiger partial charge on any atom is 0.263 e. The molecule has 0 amide bonds. The minimum atomic E-state index is -0.147. The molecule has 0 unspecified atom stereocenters. The van der Waals surface area contributed by atoms with Crippen molar-refractivity contribution in [3.05, 3.63) is 93.7 Å². The Labute approximate surface area is 170 Å². The predicted molar refractivity (Wildman–Crippen MR) is 112 cm³/mol. The van der Waals surface area contributed by atoms with Crippen molar-refractivity contribution in [1.29, 1.82) is 0 Å². The van der Waals surface area contributed by atoms with Gasteiger partial charge in [0.1, 0.15) is 5.75 Å². The molecule has 6 nitrogen and oxygen atoms in total. The van der Waals surface area contributed by atoms with E-state index >= 15 is 0 Å². The van der Waals surface area contributed by atoms with Gasteiger partial charge in [0.05, 0.1) is 23.0 Å². The summed E-state index contributed by atoms with van der Waals surface area (Å²) in [6.45, 7) is 0.355. The van der Waals surface area contributed by atoms with Crippen LogP contribution in [0.4, 0.5) is 0 Å². The second kappa shape index (κ2) is 6.76. The lowest BCUT2D eigenvalue weighted by molar-refractivity contribution is 0.477. The van der Waals surface area contributed by atoms with E-state index < -0.39 is 0 Å². The summed E-state index contributed by atoms with van der Waals surface area (Å²) in [7, 11) is 0. The van der Waals surface area contributed by atoms with Crippen molar-refractivity contribution in [2.75, 3.05) is 0 Å². The zero-order valence-corrected chi connectivity index (χ0v) is 15.9. The van der Waals surface area contributed by atoms with Crippen LogP contribution in [0.5, 0.6) is 5.75 Å². The molecule has 0 radical (unpaired) electrons. The van der Waals surface area contributed by atoms with Crippen LogP contribution in [0.3, 0.4) is 0 Å². The molecular weight excluding hydrogens is 388 g/mol. The number of halogens is 1. The number of phenolic OH excluding ortho intramolecular Hbond substituents is 1. The van der Waals surface area contributed by atoms with Gasteiger partial charge in [0.25, 0.3) is 5.56 Å². The smallest absolute Gasteiger partial charge is 0.263 e. The standard InChI is InChI=1S/C22H15ClN4O2/c23-15-10-11-19(28)17(12-15)20-24-25-22-26(13-14-6-2-1-3-7-14)21(29)16-8-4-5-9-18(16)27(20)22/h1-12,28H,13H2. The highest BCUT2D eigenvalue weighted by atomic mass is 35.5. The number of rotatable bonds is 3. The molecule has 0 atom stereocenters. The van der Waals surface area contributed by atoms with Crippen LogP contribution in [0.25, 0.3) is 28.1 Å². The van der Waals surface area contributed by atoms with E-state index in [4.69, 9.17) is 11.6 Å². The van der Waals surface area contributed by atoms with Crippen molar-refractivity contribution in [1.82, 2.24) is 19.2 Å². The first-order chi connectivity index (χ1) is 14.1. The molecule has 29 heavy (non-hydrogen) atoms. The molecule has 2 aromatic heterocycles. The number of para-hydroxylation sites is 1. The Hall–Kier alpha value is -3.64. The number of hydrogen-bond acceptors (Lipinski definition) is 4. The second-order valence-corrected chi connectivity index (χ2v) is 7.15. The zero-order valence-electron chi connectivity index (χ0n) is 15.2. The summed E-state index contributed by atoms with van der Waals surface area (Å²) < 4.78 is 3.38. The third kappa shape index (κ3) is 2.85. The Bertz CT molecular complexity index is 1420. The molecule has 5 aromatic rings. The Morgan fingerprint density at radius 3 is 2.52 bits per heavy atom. The summed E-state index contributed by atoms with van der Waals surface area (Å²) in [5.41, 5.74) is 1.93. The Morgan fingerprint density at radius 2 is 1.69 bits per heavy atom. The molecule has 0 aliphatic heterocycles. The van der Waals surface area contributed by atoms with Crippen LogP contribution in [0, 0.1) is 0 Å². The van der Waals surface area contributed by atoms with Crippen molar-refractivity contribution in [3.63, 3.8) is 0 Å². The summed E-state index contributed by atoms with van der Waals surface area (Å²) >= 11 is 6.14. The van der Waals surface area contributed by atoms with Gasteiger partial charge in [0, 0.05) is 5.02 Å². The minimum Gasteiger partial charge on any atom is -0.507 e. The van der Waals surface area contributed by atoms with Gasteiger partial charge >= 0.3 is 0 Å². The number of hydrogen-bond donors (Lipinski definition) is 1. The van der Waals surface area contributed by atoms with Crippen LogP contribution in [0.1, 0.15) is 5.56 Å². The fourth-order valence-electron chi connectivity index (χ4n) is 3.53. The third-order valence-electron chi connectivity index (χ3n) is 4.89. The van der Waals surface area contributed by atoms with E-state index in [1.54, 1.807) is 27.2 Å². The molecule has 0 saturated heterocycles. The van der Waals surface area contributed by atoms with E-state index in [2.05, 4.69) is 10.2 Å². The van der Waals surface area contributed by atoms with Gasteiger partial charge in [-0.25, -0.2) is 0 Å². The summed E-state index contributed by atoms with van der Waals surface area (Å²) in [6.07, 6.45) is 0. The monoisotopic (exact) mass is 402 g/mol. The fourth-order valence-corrected chi connectivity index (χ4v) is 3.70. The van der Waals surface area contributed by atoms with Crippen molar-refractivity contribution < 1.29 is 5.11 Å². The summed E-state index contributed by atoms with van der Waals surface area (Å²) in [5.74, 6) is 0.846. The first kappa shape index (κ1) is 17.5. The highest BCUT2D eigenvalue weighted by Gasteiger charge is 2.19. The number of aromatic nitrogens is 4. The van der Waals surface area contributed by atoms with E-state index in [1.807, 2.05) is 48.5 Å². The van der Waals surface area contributed by atoms with Gasteiger partial charge in [-0.1, -0.05) is 54.1 Å². The molecular formula is C22H15ClN4O2. The van der Waals surface area contributed by atoms with E-state index in [0.29, 0.717) is 39.6 Å². The maximum absolute atomic E-state index is 13.2. The van der Waals surface area contributed by atoms with E-state index in [-0.39, 0.29) is 11.3 Å². The molecule has 0 aliphatic carbocycles. The topological polar surface area (TPSA) is 72.4 Å². The van der Waals surface area contributed by atoms with Crippen molar-refractivity contribution in [2.45, 2.75) is 6.54 Å². The SMILES string of the molecule is O=c1c2ccccc2n2c(-c3cc(Cl)ccc3O)nnc2n1Cc1ccccc1. The van der Waals surface area contributed by atoms with Crippen LogP contribution < -0.4 is 5.56 Å². The Balaban J connectivity index is 1.87. The molecule has 1 N–H and O–H groups in total. The van der Waals surface area contributed by atoms with Gasteiger partial charge in [-0.2, -0.15) is 0 Å². The normalized spacial score (nSPS) is 11.3. The van der Waals surface area contributed by atoms with E-state index in [1.165, 1.54) is 6.07 Å². The van der Waals surface area contributed by atoms with Crippen LogP contribution in [0.15, 0.2) is 77.6 Å². The van der Waals surface area contributed by atoms with Gasteiger partial charge < -0.3 is 5.11 Å². The van der Waals surface area contributed by atoms with Gasteiger partial charge in [0.15, 0.2) is 5.82 Å². The number of fused-ring (bicyclic) bond motifs is 3. The van der Waals surface area contributed by atoms with Crippen LogP contribution in [-0.2, 0) is 6.54 Å². The summed E-state index contributed by atoms with van der Waals surface area (Å²) in [5, 5.41) is 20.0. The fraction of sp³-hybridized carbons (Fsp3) is 0.0455. The largest absolute Gasteiger partial charge is 0.507 e. The first-order valence-corrected chi connectivity index (χ1v) is 9.41. The lowest BCUT2D eigenvalue weighted by atomic mass is 10.1. The van der Waals surface area contributed by atoms with Crippen LogP contribution in [-0.4, -0.2) is 24.3 Å². The van der Waals surface area contributed by atoms with Crippen molar-refractivity contribution >= 4 is 28.3 Å². The quantitative estimate of drug-likeness (QED) is 0.492. The molecule has 3 aromatic carbocycles. The molecule has 2 heterocycles. The Kier molecular flexibility index (Phi) is 4.07.